The summed E-state index contributed by atoms with van der Waals surface area (Å²) in [4.78, 5) is 36.1. The van der Waals surface area contributed by atoms with E-state index in [9.17, 15) is 14.4 Å². The van der Waals surface area contributed by atoms with Crippen molar-refractivity contribution in [1.82, 2.24) is 10.7 Å². The molecule has 1 saturated heterocycles. The van der Waals surface area contributed by atoms with Gasteiger partial charge in [-0.15, -0.1) is 0 Å². The van der Waals surface area contributed by atoms with Crippen LogP contribution in [0.5, 0.6) is 11.5 Å². The van der Waals surface area contributed by atoms with Crippen molar-refractivity contribution in [3.63, 3.8) is 0 Å². The Labute approximate surface area is 205 Å². The molecule has 180 valence electrons. The second-order valence-corrected chi connectivity index (χ2v) is 8.21. The molecule has 1 heterocycles. The summed E-state index contributed by atoms with van der Waals surface area (Å²) < 4.78 is 16.8. The van der Waals surface area contributed by atoms with E-state index in [4.69, 9.17) is 14.2 Å². The van der Waals surface area contributed by atoms with Crippen molar-refractivity contribution in [3.8, 4) is 11.5 Å². The molecule has 1 aliphatic heterocycles. The summed E-state index contributed by atoms with van der Waals surface area (Å²) in [5, 5.41) is 9.07. The maximum absolute atomic E-state index is 12.2. The van der Waals surface area contributed by atoms with Gasteiger partial charge < -0.3 is 24.8 Å². The Morgan fingerprint density at radius 2 is 1.97 bits per heavy atom. The molecule has 3 amide bonds. The fraction of sp³-hybridized carbons (Fsp3) is 0.304. The van der Waals surface area contributed by atoms with Crippen LogP contribution >= 0.6 is 15.9 Å². The first kappa shape index (κ1) is 25.2. The molecule has 10 nitrogen and oxygen atoms in total. The number of ether oxygens (including phenoxy) is 3. The summed E-state index contributed by atoms with van der Waals surface area (Å²) in [6.45, 7) is 0.696. The van der Waals surface area contributed by atoms with Crippen LogP contribution in [0.1, 0.15) is 18.4 Å². The second kappa shape index (κ2) is 12.7. The van der Waals surface area contributed by atoms with Gasteiger partial charge in [-0.25, -0.2) is 5.43 Å². The van der Waals surface area contributed by atoms with Crippen LogP contribution < -0.4 is 25.5 Å². The van der Waals surface area contributed by atoms with E-state index in [0.717, 1.165) is 17.3 Å². The van der Waals surface area contributed by atoms with Gasteiger partial charge in [-0.1, -0.05) is 15.9 Å². The van der Waals surface area contributed by atoms with Gasteiger partial charge in [0.2, 0.25) is 0 Å². The Kier molecular flexibility index (Phi) is 9.41. The van der Waals surface area contributed by atoms with Gasteiger partial charge in [-0.05, 0) is 55.3 Å². The van der Waals surface area contributed by atoms with E-state index in [0.29, 0.717) is 29.4 Å². The van der Waals surface area contributed by atoms with Crippen molar-refractivity contribution < 1.29 is 28.6 Å². The van der Waals surface area contributed by atoms with Crippen LogP contribution in [0.4, 0.5) is 5.69 Å². The van der Waals surface area contributed by atoms with Crippen molar-refractivity contribution in [2.45, 2.75) is 18.9 Å². The Balaban J connectivity index is 1.50. The van der Waals surface area contributed by atoms with Gasteiger partial charge in [0.1, 0.15) is 11.5 Å². The summed E-state index contributed by atoms with van der Waals surface area (Å²) in [5.74, 6) is -0.999. The molecule has 1 aliphatic rings. The Morgan fingerprint density at radius 1 is 1.18 bits per heavy atom. The van der Waals surface area contributed by atoms with Crippen molar-refractivity contribution in [1.29, 1.82) is 0 Å². The number of carbonyl (C=O) groups is 3. The standard InChI is InChI=1S/C23H25BrN4O6/c1-32-18-7-5-17(6-8-18)27-21(29)14-34-20-9-4-16(24)11-15(20)12-26-28-23(31)22(30)25-13-19-3-2-10-33-19/h4-9,11-12,19H,2-3,10,13-14H2,1H3,(H,25,30)(H,27,29)(H,28,31)/b26-12-/t19-/m0/s1. The first-order valence-corrected chi connectivity index (χ1v) is 11.3. The molecular weight excluding hydrogens is 508 g/mol. The number of halogens is 1. The van der Waals surface area contributed by atoms with Crippen LogP contribution in [0, 0.1) is 0 Å². The molecule has 34 heavy (non-hydrogen) atoms. The van der Waals surface area contributed by atoms with E-state index in [1.165, 1.54) is 6.21 Å². The predicted molar refractivity (Wildman–Crippen MR) is 129 cm³/mol. The number of methoxy groups -OCH3 is 1. The van der Waals surface area contributed by atoms with E-state index in [2.05, 4.69) is 37.1 Å². The highest BCUT2D eigenvalue weighted by atomic mass is 79.9. The third kappa shape index (κ3) is 7.85. The van der Waals surface area contributed by atoms with Crippen LogP contribution in [-0.4, -0.2) is 56.9 Å². The van der Waals surface area contributed by atoms with Crippen molar-refractivity contribution in [3.05, 3.63) is 52.5 Å². The zero-order valence-corrected chi connectivity index (χ0v) is 20.1. The van der Waals surface area contributed by atoms with E-state index < -0.39 is 11.8 Å². The van der Waals surface area contributed by atoms with Gasteiger partial charge in [-0.2, -0.15) is 5.10 Å². The second-order valence-electron chi connectivity index (χ2n) is 7.29. The van der Waals surface area contributed by atoms with Gasteiger partial charge >= 0.3 is 11.8 Å². The fourth-order valence-electron chi connectivity index (χ4n) is 3.07. The zero-order valence-electron chi connectivity index (χ0n) is 18.5. The van der Waals surface area contributed by atoms with Gasteiger partial charge in [0.25, 0.3) is 5.91 Å². The minimum atomic E-state index is -0.898. The molecule has 2 aromatic carbocycles. The lowest BCUT2D eigenvalue weighted by Crippen LogP contribution is -2.41. The van der Waals surface area contributed by atoms with Crippen molar-refractivity contribution in [2.24, 2.45) is 5.10 Å². The number of benzene rings is 2. The first-order valence-electron chi connectivity index (χ1n) is 10.5. The molecule has 0 radical (unpaired) electrons. The van der Waals surface area contributed by atoms with Crippen LogP contribution in [-0.2, 0) is 19.1 Å². The number of hydrazone groups is 1. The zero-order chi connectivity index (χ0) is 24.3. The average Bonchev–Trinajstić information content (AvgIpc) is 3.36. The molecule has 11 heteroatoms. The molecule has 0 unspecified atom stereocenters. The molecule has 0 aromatic heterocycles. The van der Waals surface area contributed by atoms with E-state index in [1.54, 1.807) is 49.6 Å². The third-order valence-electron chi connectivity index (χ3n) is 4.79. The number of nitrogens with zero attached hydrogens (tertiary/aromatic N) is 1. The summed E-state index contributed by atoms with van der Waals surface area (Å²) in [6, 6.07) is 12.0. The van der Waals surface area contributed by atoms with Crippen LogP contribution in [0.15, 0.2) is 52.0 Å². The molecule has 2 aromatic rings. The summed E-state index contributed by atoms with van der Waals surface area (Å²) in [7, 11) is 1.56. The van der Waals surface area contributed by atoms with Crippen molar-refractivity contribution in [2.75, 3.05) is 32.2 Å². The SMILES string of the molecule is COc1ccc(NC(=O)COc2ccc(Br)cc2/C=N\NC(=O)C(=O)NC[C@@H]2CCCO2)cc1. The quantitative estimate of drug-likeness (QED) is 0.258. The third-order valence-corrected chi connectivity index (χ3v) is 5.29. The highest BCUT2D eigenvalue weighted by Crippen LogP contribution is 2.22. The lowest BCUT2D eigenvalue weighted by Gasteiger charge is -2.11. The molecule has 0 bridgehead atoms. The Morgan fingerprint density at radius 3 is 2.68 bits per heavy atom. The minimum Gasteiger partial charge on any atom is -0.497 e. The molecule has 0 spiro atoms. The number of carbonyl (C=O) groups excluding carboxylic acids is 3. The number of rotatable bonds is 9. The highest BCUT2D eigenvalue weighted by molar-refractivity contribution is 9.10. The van der Waals surface area contributed by atoms with Gasteiger partial charge in [0, 0.05) is 28.9 Å². The molecule has 1 atom stereocenters. The van der Waals surface area contributed by atoms with E-state index in [-0.39, 0.29) is 25.2 Å². The molecule has 1 fully saturated rings. The molecule has 3 rings (SSSR count). The number of nitrogens with one attached hydrogen (secondary N) is 3. The van der Waals surface area contributed by atoms with Crippen molar-refractivity contribution >= 4 is 45.6 Å². The number of hydrogen-bond acceptors (Lipinski definition) is 7. The minimum absolute atomic E-state index is 0.0662. The number of anilines is 1. The Hall–Kier alpha value is -3.44. The van der Waals surface area contributed by atoms with Gasteiger partial charge in [-0.3, -0.25) is 14.4 Å². The normalized spacial score (nSPS) is 15.1. The lowest BCUT2D eigenvalue weighted by atomic mass is 10.2. The molecular formula is C23H25BrN4O6. The van der Waals surface area contributed by atoms with E-state index >= 15 is 0 Å². The smallest absolute Gasteiger partial charge is 0.329 e. The molecule has 0 aliphatic carbocycles. The van der Waals surface area contributed by atoms with Gasteiger partial charge in [0.15, 0.2) is 6.61 Å². The van der Waals surface area contributed by atoms with Crippen LogP contribution in [0.25, 0.3) is 0 Å². The molecule has 3 N–H and O–H groups in total. The average molecular weight is 533 g/mol. The highest BCUT2D eigenvalue weighted by Gasteiger charge is 2.19. The monoisotopic (exact) mass is 532 g/mol. The molecule has 0 saturated carbocycles. The maximum atomic E-state index is 12.2. The first-order chi connectivity index (χ1) is 16.4. The topological polar surface area (TPSA) is 127 Å². The predicted octanol–water partition coefficient (Wildman–Crippen LogP) is 2.22. The van der Waals surface area contributed by atoms with E-state index in [1.807, 2.05) is 0 Å². The van der Waals surface area contributed by atoms with Gasteiger partial charge in [0.05, 0.1) is 19.4 Å². The number of amides is 3. The fourth-order valence-corrected chi connectivity index (χ4v) is 3.45. The van der Waals surface area contributed by atoms with Crippen LogP contribution in [0.3, 0.4) is 0 Å². The summed E-state index contributed by atoms with van der Waals surface area (Å²) >= 11 is 3.36. The largest absolute Gasteiger partial charge is 0.497 e. The maximum Gasteiger partial charge on any atom is 0.329 e. The summed E-state index contributed by atoms with van der Waals surface area (Å²) in [6.07, 6.45) is 3.05. The van der Waals surface area contributed by atoms with Crippen LogP contribution in [0.2, 0.25) is 0 Å². The Bertz CT molecular complexity index is 1040. The number of hydrogen-bond donors (Lipinski definition) is 3. The summed E-state index contributed by atoms with van der Waals surface area (Å²) in [5.41, 5.74) is 3.27. The lowest BCUT2D eigenvalue weighted by molar-refractivity contribution is -0.139.